The van der Waals surface area contributed by atoms with E-state index in [1.807, 2.05) is 0 Å². The van der Waals surface area contributed by atoms with Crippen molar-refractivity contribution in [1.29, 1.82) is 0 Å². The number of rotatable bonds is 7. The lowest BCUT2D eigenvalue weighted by atomic mass is 9.88. The van der Waals surface area contributed by atoms with Gasteiger partial charge in [-0.25, -0.2) is 0 Å². The van der Waals surface area contributed by atoms with Crippen LogP contribution in [0.1, 0.15) is 19.8 Å². The van der Waals surface area contributed by atoms with Crippen molar-refractivity contribution in [1.82, 2.24) is 20.4 Å². The molecule has 1 unspecified atom stereocenters. The van der Waals surface area contributed by atoms with Crippen molar-refractivity contribution in [3.8, 4) is 0 Å². The largest absolute Gasteiger partial charge is 0.356 e. The Bertz CT molecular complexity index is 332. The summed E-state index contributed by atoms with van der Waals surface area (Å²) in [4.78, 5) is 16.9. The lowest BCUT2D eigenvalue weighted by Gasteiger charge is -2.34. The minimum Gasteiger partial charge on any atom is -0.356 e. The third-order valence-electron chi connectivity index (χ3n) is 5.07. The van der Waals surface area contributed by atoms with E-state index in [4.69, 9.17) is 0 Å². The van der Waals surface area contributed by atoms with E-state index in [1.54, 1.807) is 0 Å². The van der Waals surface area contributed by atoms with E-state index < -0.39 is 0 Å². The fourth-order valence-electron chi connectivity index (χ4n) is 3.04. The molecule has 0 aromatic heterocycles. The van der Waals surface area contributed by atoms with Crippen LogP contribution in [0.4, 0.5) is 0 Å². The smallest absolute Gasteiger partial charge is 0.223 e. The Morgan fingerprint density at radius 1 is 1.26 bits per heavy atom. The van der Waals surface area contributed by atoms with Crippen molar-refractivity contribution < 1.29 is 4.79 Å². The molecule has 0 aromatic rings. The van der Waals surface area contributed by atoms with Gasteiger partial charge in [0.25, 0.3) is 0 Å². The van der Waals surface area contributed by atoms with Crippen LogP contribution in [0.15, 0.2) is 0 Å². The average Bonchev–Trinajstić information content (AvgIpc) is 2.41. The lowest BCUT2D eigenvalue weighted by Crippen LogP contribution is -2.50. The van der Waals surface area contributed by atoms with Gasteiger partial charge >= 0.3 is 0 Å². The van der Waals surface area contributed by atoms with E-state index in [0.717, 1.165) is 32.7 Å². The molecule has 2 aliphatic heterocycles. The van der Waals surface area contributed by atoms with E-state index in [1.165, 1.54) is 25.9 Å². The van der Waals surface area contributed by atoms with Crippen LogP contribution >= 0.6 is 24.8 Å². The molecule has 7 heteroatoms. The normalized spacial score (nSPS) is 21.0. The molecule has 2 rings (SSSR count). The predicted molar refractivity (Wildman–Crippen MR) is 101 cm³/mol. The molecule has 2 aliphatic rings. The maximum atomic E-state index is 12.1. The quantitative estimate of drug-likeness (QED) is 0.705. The van der Waals surface area contributed by atoms with Gasteiger partial charge in [0.15, 0.2) is 0 Å². The van der Waals surface area contributed by atoms with Crippen molar-refractivity contribution >= 4 is 30.7 Å². The van der Waals surface area contributed by atoms with Crippen LogP contribution in [0.5, 0.6) is 0 Å². The lowest BCUT2D eigenvalue weighted by molar-refractivity contribution is -0.126. The number of hydrogen-bond donors (Lipinski definition) is 2. The molecule has 2 N–H and O–H groups in total. The van der Waals surface area contributed by atoms with Gasteiger partial charge in [-0.15, -0.1) is 24.8 Å². The van der Waals surface area contributed by atoms with Gasteiger partial charge in [-0.1, -0.05) is 6.92 Å². The van der Waals surface area contributed by atoms with Crippen LogP contribution in [-0.4, -0.2) is 75.6 Å². The number of hydrogen-bond acceptors (Lipinski definition) is 4. The van der Waals surface area contributed by atoms with Crippen molar-refractivity contribution in [2.24, 2.45) is 17.8 Å². The Morgan fingerprint density at radius 3 is 2.35 bits per heavy atom. The SMILES string of the molecule is CC(C(=O)NCC1CCN(CCN(C)C)CC1)C1CNC1.Cl.Cl. The monoisotopic (exact) mass is 368 g/mol. The van der Waals surface area contributed by atoms with E-state index >= 15 is 0 Å². The molecular weight excluding hydrogens is 335 g/mol. The number of amides is 1. The van der Waals surface area contributed by atoms with Crippen LogP contribution in [0.25, 0.3) is 0 Å². The maximum absolute atomic E-state index is 12.1. The van der Waals surface area contributed by atoms with Crippen LogP contribution < -0.4 is 10.6 Å². The van der Waals surface area contributed by atoms with Crippen molar-refractivity contribution in [2.45, 2.75) is 19.8 Å². The van der Waals surface area contributed by atoms with Gasteiger partial charge in [0, 0.05) is 25.6 Å². The molecule has 2 heterocycles. The van der Waals surface area contributed by atoms with Gasteiger partial charge in [0.05, 0.1) is 0 Å². The fraction of sp³-hybridized carbons (Fsp3) is 0.938. The van der Waals surface area contributed by atoms with Crippen molar-refractivity contribution in [3.63, 3.8) is 0 Å². The molecule has 0 bridgehead atoms. The molecule has 1 atom stereocenters. The summed E-state index contributed by atoms with van der Waals surface area (Å²) in [6.45, 7) is 9.58. The van der Waals surface area contributed by atoms with Crippen LogP contribution in [0, 0.1) is 17.8 Å². The van der Waals surface area contributed by atoms with Gasteiger partial charge in [0.2, 0.25) is 5.91 Å². The molecule has 0 aliphatic carbocycles. The number of nitrogens with zero attached hydrogens (tertiary/aromatic N) is 2. The van der Waals surface area contributed by atoms with Crippen molar-refractivity contribution in [3.05, 3.63) is 0 Å². The topological polar surface area (TPSA) is 47.6 Å². The number of carbonyl (C=O) groups excluding carboxylic acids is 1. The molecular formula is C16H34Cl2N4O. The Balaban J connectivity index is 0.00000242. The minimum atomic E-state index is 0. The second kappa shape index (κ2) is 11.5. The summed E-state index contributed by atoms with van der Waals surface area (Å²) in [5.41, 5.74) is 0. The Hall–Kier alpha value is -0.0700. The number of carbonyl (C=O) groups is 1. The van der Waals surface area contributed by atoms with Gasteiger partial charge in [-0.3, -0.25) is 4.79 Å². The Morgan fingerprint density at radius 2 is 1.87 bits per heavy atom. The number of likely N-dealkylation sites (N-methyl/N-ethyl adjacent to an activating group) is 1. The standard InChI is InChI=1S/C16H32N4O.2ClH/c1-13(15-11-17-12-15)16(21)18-10-14-4-6-20(7-5-14)9-8-19(2)3;;/h13-15,17H,4-12H2,1-3H3,(H,18,21);2*1H. The zero-order valence-corrected chi connectivity index (χ0v) is 16.3. The van der Waals surface area contributed by atoms with Crippen LogP contribution in [0.2, 0.25) is 0 Å². The second-order valence-corrected chi connectivity index (χ2v) is 7.04. The molecule has 0 radical (unpaired) electrons. The van der Waals surface area contributed by atoms with Crippen LogP contribution in [0.3, 0.4) is 0 Å². The number of piperidine rings is 1. The summed E-state index contributed by atoms with van der Waals surface area (Å²) in [6.07, 6.45) is 2.43. The Labute approximate surface area is 153 Å². The zero-order chi connectivity index (χ0) is 15.2. The van der Waals surface area contributed by atoms with Crippen LogP contribution in [-0.2, 0) is 4.79 Å². The van der Waals surface area contributed by atoms with Gasteiger partial charge < -0.3 is 20.4 Å². The summed E-state index contributed by atoms with van der Waals surface area (Å²) in [7, 11) is 4.25. The van der Waals surface area contributed by atoms with E-state index in [-0.39, 0.29) is 36.6 Å². The first-order valence-electron chi connectivity index (χ1n) is 8.41. The molecule has 1 amide bonds. The predicted octanol–water partition coefficient (Wildman–Crippen LogP) is 1.08. The van der Waals surface area contributed by atoms with E-state index in [9.17, 15) is 4.79 Å². The maximum Gasteiger partial charge on any atom is 0.223 e. The summed E-state index contributed by atoms with van der Waals surface area (Å²) in [5.74, 6) is 1.61. The molecule has 23 heavy (non-hydrogen) atoms. The molecule has 138 valence electrons. The molecule has 2 saturated heterocycles. The summed E-state index contributed by atoms with van der Waals surface area (Å²) >= 11 is 0. The first kappa shape index (κ1) is 22.9. The number of likely N-dealkylation sites (tertiary alicyclic amines) is 1. The third kappa shape index (κ3) is 7.57. The third-order valence-corrected chi connectivity index (χ3v) is 5.07. The molecule has 0 aromatic carbocycles. The molecule has 2 fully saturated rings. The molecule has 5 nitrogen and oxygen atoms in total. The summed E-state index contributed by atoms with van der Waals surface area (Å²) in [6, 6.07) is 0. The highest BCUT2D eigenvalue weighted by Gasteiger charge is 2.29. The summed E-state index contributed by atoms with van der Waals surface area (Å²) < 4.78 is 0. The number of halogens is 2. The second-order valence-electron chi connectivity index (χ2n) is 7.04. The first-order valence-corrected chi connectivity index (χ1v) is 8.41. The van der Waals surface area contributed by atoms with Gasteiger partial charge in [-0.2, -0.15) is 0 Å². The fourth-order valence-corrected chi connectivity index (χ4v) is 3.04. The summed E-state index contributed by atoms with van der Waals surface area (Å²) in [5, 5.41) is 6.41. The molecule has 0 spiro atoms. The zero-order valence-electron chi connectivity index (χ0n) is 14.7. The Kier molecular flexibility index (Phi) is 11.4. The average molecular weight is 369 g/mol. The highest BCUT2D eigenvalue weighted by atomic mass is 35.5. The van der Waals surface area contributed by atoms with E-state index in [0.29, 0.717) is 11.8 Å². The molecule has 0 saturated carbocycles. The highest BCUT2D eigenvalue weighted by molar-refractivity contribution is 5.85. The number of nitrogens with one attached hydrogen (secondary N) is 2. The highest BCUT2D eigenvalue weighted by Crippen LogP contribution is 2.18. The first-order chi connectivity index (χ1) is 10.1. The van der Waals surface area contributed by atoms with E-state index in [2.05, 4.69) is 41.5 Å². The van der Waals surface area contributed by atoms with Gasteiger partial charge in [0.1, 0.15) is 0 Å². The minimum absolute atomic E-state index is 0. The van der Waals surface area contributed by atoms with Gasteiger partial charge in [-0.05, 0) is 65.0 Å². The van der Waals surface area contributed by atoms with Crippen molar-refractivity contribution in [2.75, 3.05) is 59.9 Å².